The maximum atomic E-state index is 13.3. The number of aromatic nitrogens is 2. The number of rotatable bonds is 7. The zero-order chi connectivity index (χ0) is 21.9. The zero-order valence-corrected chi connectivity index (χ0v) is 18.7. The number of benzene rings is 2. The minimum Gasteiger partial charge on any atom is -0.497 e. The number of methoxy groups -OCH3 is 2. The third kappa shape index (κ3) is 4.76. The van der Waals surface area contributed by atoms with Crippen LogP contribution in [-0.2, 0) is 22.0 Å². The highest BCUT2D eigenvalue weighted by molar-refractivity contribution is 7.92. The second kappa shape index (κ2) is 8.39. The maximum absolute atomic E-state index is 13.3. The van der Waals surface area contributed by atoms with Gasteiger partial charge in [-0.15, -0.1) is 0 Å². The summed E-state index contributed by atoms with van der Waals surface area (Å²) in [6, 6.07) is 14.7. The lowest BCUT2D eigenvalue weighted by Crippen LogP contribution is -2.20. The summed E-state index contributed by atoms with van der Waals surface area (Å²) in [5.74, 6) is 0.938. The lowest BCUT2D eigenvalue weighted by molar-refractivity contribution is 0.395. The fourth-order valence-electron chi connectivity index (χ4n) is 3.05. The van der Waals surface area contributed by atoms with Crippen molar-refractivity contribution >= 4 is 15.7 Å². The summed E-state index contributed by atoms with van der Waals surface area (Å²) in [5.41, 5.74) is 1.40. The first kappa shape index (κ1) is 21.7. The SMILES string of the molecule is COc1ccc(NS(=O)(=O)c2cn(Cc3ccccc3)nc2C(C)(C)C)c(OC)c1. The smallest absolute Gasteiger partial charge is 0.265 e. The van der Waals surface area contributed by atoms with Gasteiger partial charge in [0.1, 0.15) is 16.4 Å². The first-order valence-corrected chi connectivity index (χ1v) is 11.0. The molecule has 0 saturated heterocycles. The van der Waals surface area contributed by atoms with Gasteiger partial charge in [-0.05, 0) is 17.7 Å². The van der Waals surface area contributed by atoms with Gasteiger partial charge in [-0.3, -0.25) is 9.40 Å². The molecule has 160 valence electrons. The van der Waals surface area contributed by atoms with E-state index in [0.717, 1.165) is 5.56 Å². The second-order valence-electron chi connectivity index (χ2n) is 7.95. The molecule has 1 heterocycles. The molecule has 0 spiro atoms. The van der Waals surface area contributed by atoms with Crippen molar-refractivity contribution < 1.29 is 17.9 Å². The highest BCUT2D eigenvalue weighted by Gasteiger charge is 2.30. The van der Waals surface area contributed by atoms with Gasteiger partial charge >= 0.3 is 0 Å². The van der Waals surface area contributed by atoms with E-state index < -0.39 is 15.4 Å². The van der Waals surface area contributed by atoms with Crippen LogP contribution >= 0.6 is 0 Å². The lowest BCUT2D eigenvalue weighted by atomic mass is 9.92. The van der Waals surface area contributed by atoms with Gasteiger partial charge in [0.05, 0.1) is 32.1 Å². The van der Waals surface area contributed by atoms with Gasteiger partial charge in [0, 0.05) is 17.7 Å². The molecule has 1 N–H and O–H groups in total. The van der Waals surface area contributed by atoms with E-state index in [1.165, 1.54) is 14.2 Å². The highest BCUT2D eigenvalue weighted by Crippen LogP contribution is 2.33. The Morgan fingerprint density at radius 1 is 1.03 bits per heavy atom. The average Bonchev–Trinajstić information content (AvgIpc) is 3.14. The molecule has 0 aliphatic rings. The Bertz CT molecular complexity index is 1120. The predicted molar refractivity (Wildman–Crippen MR) is 117 cm³/mol. The quantitative estimate of drug-likeness (QED) is 0.613. The van der Waals surface area contributed by atoms with Crippen molar-refractivity contribution in [2.45, 2.75) is 37.6 Å². The van der Waals surface area contributed by atoms with E-state index in [2.05, 4.69) is 9.82 Å². The van der Waals surface area contributed by atoms with Crippen LogP contribution in [-0.4, -0.2) is 32.4 Å². The number of nitrogens with one attached hydrogen (secondary N) is 1. The molecule has 3 rings (SSSR count). The van der Waals surface area contributed by atoms with Crippen LogP contribution in [0.25, 0.3) is 0 Å². The Morgan fingerprint density at radius 3 is 2.33 bits per heavy atom. The second-order valence-corrected chi connectivity index (χ2v) is 9.60. The molecule has 0 unspecified atom stereocenters. The Kier molecular flexibility index (Phi) is 6.07. The van der Waals surface area contributed by atoms with E-state index in [1.54, 1.807) is 29.1 Å². The number of anilines is 1. The van der Waals surface area contributed by atoms with Crippen LogP contribution in [0.2, 0.25) is 0 Å². The van der Waals surface area contributed by atoms with Crippen LogP contribution in [0.3, 0.4) is 0 Å². The Balaban J connectivity index is 2.00. The minimum absolute atomic E-state index is 0.142. The molecule has 8 heteroatoms. The summed E-state index contributed by atoms with van der Waals surface area (Å²) in [4.78, 5) is 0.142. The van der Waals surface area contributed by atoms with Gasteiger partial charge in [0.25, 0.3) is 10.0 Å². The van der Waals surface area contributed by atoms with Crippen LogP contribution in [0.5, 0.6) is 11.5 Å². The van der Waals surface area contributed by atoms with Gasteiger partial charge in [0.2, 0.25) is 0 Å². The van der Waals surface area contributed by atoms with Crippen molar-refractivity contribution in [1.29, 1.82) is 0 Å². The summed E-state index contributed by atoms with van der Waals surface area (Å²) in [6.45, 7) is 6.30. The van der Waals surface area contributed by atoms with Crippen LogP contribution < -0.4 is 14.2 Å². The molecule has 0 aliphatic heterocycles. The Hall–Kier alpha value is -3.00. The van der Waals surface area contributed by atoms with Gasteiger partial charge in [-0.2, -0.15) is 5.10 Å². The largest absolute Gasteiger partial charge is 0.497 e. The van der Waals surface area contributed by atoms with E-state index in [9.17, 15) is 8.42 Å². The molecule has 0 fully saturated rings. The molecular weight excluding hydrogens is 402 g/mol. The highest BCUT2D eigenvalue weighted by atomic mass is 32.2. The first-order chi connectivity index (χ1) is 14.1. The minimum atomic E-state index is -3.90. The van der Waals surface area contributed by atoms with Gasteiger partial charge < -0.3 is 9.47 Å². The predicted octanol–water partition coefficient (Wildman–Crippen LogP) is 4.05. The van der Waals surface area contributed by atoms with Crippen molar-refractivity contribution in [2.24, 2.45) is 0 Å². The van der Waals surface area contributed by atoms with E-state index in [4.69, 9.17) is 9.47 Å². The van der Waals surface area contributed by atoms with E-state index in [0.29, 0.717) is 29.4 Å². The molecule has 7 nitrogen and oxygen atoms in total. The molecule has 0 amide bonds. The molecule has 0 atom stereocenters. The van der Waals surface area contributed by atoms with Crippen LogP contribution in [0, 0.1) is 0 Å². The number of ether oxygens (including phenoxy) is 2. The Labute approximate surface area is 177 Å². The maximum Gasteiger partial charge on any atom is 0.265 e. The standard InChI is InChI=1S/C22H27N3O4S/c1-22(2,3)21-20(15-25(23-21)14-16-9-7-6-8-10-16)30(26,27)24-18-12-11-17(28-4)13-19(18)29-5/h6-13,15,24H,14H2,1-5H3. The first-order valence-electron chi connectivity index (χ1n) is 9.51. The summed E-state index contributed by atoms with van der Waals surface area (Å²) in [6.07, 6.45) is 1.58. The molecule has 0 radical (unpaired) electrons. The topological polar surface area (TPSA) is 82.5 Å². The van der Waals surface area contributed by atoms with Gasteiger partial charge in [-0.1, -0.05) is 51.1 Å². The molecule has 3 aromatic rings. The average molecular weight is 430 g/mol. The number of hydrogen-bond donors (Lipinski definition) is 1. The number of hydrogen-bond acceptors (Lipinski definition) is 5. The fraction of sp³-hybridized carbons (Fsp3) is 0.318. The molecule has 0 aliphatic carbocycles. The van der Waals surface area contributed by atoms with Gasteiger partial charge in [0.15, 0.2) is 0 Å². The summed E-state index contributed by atoms with van der Waals surface area (Å²) < 4.78 is 41.4. The molecule has 2 aromatic carbocycles. The molecular formula is C22H27N3O4S. The normalized spacial score (nSPS) is 11.9. The Morgan fingerprint density at radius 2 is 1.73 bits per heavy atom. The number of sulfonamides is 1. The molecule has 1 aromatic heterocycles. The van der Waals surface area contributed by atoms with Crippen molar-refractivity contribution in [3.05, 3.63) is 66.0 Å². The van der Waals surface area contributed by atoms with Crippen molar-refractivity contribution in [1.82, 2.24) is 9.78 Å². The summed E-state index contributed by atoms with van der Waals surface area (Å²) in [7, 11) is -0.891. The van der Waals surface area contributed by atoms with Crippen LogP contribution in [0.1, 0.15) is 32.0 Å². The third-order valence-electron chi connectivity index (χ3n) is 4.57. The van der Waals surface area contributed by atoms with Crippen molar-refractivity contribution in [3.63, 3.8) is 0 Å². The zero-order valence-electron chi connectivity index (χ0n) is 17.8. The monoisotopic (exact) mass is 429 g/mol. The lowest BCUT2D eigenvalue weighted by Gasteiger charge is -2.18. The third-order valence-corrected chi connectivity index (χ3v) is 5.93. The number of nitrogens with zero attached hydrogens (tertiary/aromatic N) is 2. The van der Waals surface area contributed by atoms with Crippen molar-refractivity contribution in [2.75, 3.05) is 18.9 Å². The van der Waals surface area contributed by atoms with Gasteiger partial charge in [-0.25, -0.2) is 8.42 Å². The van der Waals surface area contributed by atoms with E-state index >= 15 is 0 Å². The van der Waals surface area contributed by atoms with E-state index in [1.807, 2.05) is 51.1 Å². The fourth-order valence-corrected chi connectivity index (χ4v) is 4.48. The van der Waals surface area contributed by atoms with Crippen LogP contribution in [0.15, 0.2) is 59.6 Å². The van der Waals surface area contributed by atoms with Crippen molar-refractivity contribution in [3.8, 4) is 11.5 Å². The summed E-state index contributed by atoms with van der Waals surface area (Å²) >= 11 is 0. The summed E-state index contributed by atoms with van der Waals surface area (Å²) in [5, 5.41) is 4.60. The molecule has 30 heavy (non-hydrogen) atoms. The van der Waals surface area contributed by atoms with E-state index in [-0.39, 0.29) is 4.90 Å². The van der Waals surface area contributed by atoms with Crippen LogP contribution in [0.4, 0.5) is 5.69 Å². The molecule has 0 bridgehead atoms. The molecule has 0 saturated carbocycles.